The number of aliphatic carboxylic acids is 2. The highest BCUT2D eigenvalue weighted by molar-refractivity contribution is 5.92. The molecule has 0 radical (unpaired) electrons. The maximum absolute atomic E-state index is 11.1. The third-order valence-electron chi connectivity index (χ3n) is 3.47. The second kappa shape index (κ2) is 2.83. The van der Waals surface area contributed by atoms with Crippen molar-refractivity contribution in [2.45, 2.75) is 27.2 Å². The van der Waals surface area contributed by atoms with Gasteiger partial charge in [-0.2, -0.15) is 0 Å². The molecule has 0 saturated heterocycles. The first kappa shape index (κ1) is 10.8. The van der Waals surface area contributed by atoms with Gasteiger partial charge in [-0.25, -0.2) is 4.79 Å². The maximum Gasteiger partial charge on any atom is 0.331 e. The van der Waals surface area contributed by atoms with Gasteiger partial charge >= 0.3 is 11.9 Å². The summed E-state index contributed by atoms with van der Waals surface area (Å²) in [6, 6.07) is 0. The summed E-state index contributed by atoms with van der Waals surface area (Å²) in [5, 5.41) is 18.0. The van der Waals surface area contributed by atoms with Crippen LogP contribution in [-0.4, -0.2) is 22.2 Å². The summed E-state index contributed by atoms with van der Waals surface area (Å²) in [7, 11) is 0. The first-order valence-electron chi connectivity index (χ1n) is 4.41. The first-order valence-corrected chi connectivity index (χ1v) is 4.41. The van der Waals surface area contributed by atoms with E-state index in [0.717, 1.165) is 0 Å². The third kappa shape index (κ3) is 1.14. The third-order valence-corrected chi connectivity index (χ3v) is 3.47. The van der Waals surface area contributed by atoms with Crippen LogP contribution in [0.2, 0.25) is 0 Å². The maximum atomic E-state index is 11.1. The van der Waals surface area contributed by atoms with Gasteiger partial charge in [0.15, 0.2) is 0 Å². The summed E-state index contributed by atoms with van der Waals surface area (Å²) in [6.45, 7) is 4.91. The van der Waals surface area contributed by atoms with E-state index in [-0.39, 0.29) is 12.0 Å². The zero-order valence-electron chi connectivity index (χ0n) is 8.50. The Morgan fingerprint density at radius 1 is 1.29 bits per heavy atom. The Labute approximate surface area is 82.2 Å². The molecule has 0 aromatic heterocycles. The molecule has 0 amide bonds. The topological polar surface area (TPSA) is 74.6 Å². The summed E-state index contributed by atoms with van der Waals surface area (Å²) in [5.41, 5.74) is -1.65. The standard InChI is InChI=1S/C10H14O4/c1-9(2)6(7(11)12)4-5-10(9,3)8(13)14/h4H,5H2,1-3H3,(H,11,12)(H,13,14)/t10-/m0/s1. The average molecular weight is 198 g/mol. The summed E-state index contributed by atoms with van der Waals surface area (Å²) in [4.78, 5) is 21.9. The molecule has 0 unspecified atom stereocenters. The molecule has 14 heavy (non-hydrogen) atoms. The van der Waals surface area contributed by atoms with Crippen LogP contribution in [0, 0.1) is 10.8 Å². The van der Waals surface area contributed by atoms with Gasteiger partial charge in [0.05, 0.1) is 5.41 Å². The van der Waals surface area contributed by atoms with E-state index in [1.807, 2.05) is 0 Å². The Hall–Kier alpha value is -1.32. The van der Waals surface area contributed by atoms with Crippen molar-refractivity contribution >= 4 is 11.9 Å². The lowest BCUT2D eigenvalue weighted by atomic mass is 9.66. The molecule has 0 bridgehead atoms. The van der Waals surface area contributed by atoms with Gasteiger partial charge in [-0.3, -0.25) is 4.79 Å². The van der Waals surface area contributed by atoms with Crippen LogP contribution in [0.3, 0.4) is 0 Å². The number of carbonyl (C=O) groups is 2. The van der Waals surface area contributed by atoms with E-state index in [0.29, 0.717) is 0 Å². The first-order chi connectivity index (χ1) is 6.23. The number of hydrogen-bond acceptors (Lipinski definition) is 2. The number of hydrogen-bond donors (Lipinski definition) is 2. The molecule has 0 heterocycles. The molecule has 1 rings (SSSR count). The summed E-state index contributed by atoms with van der Waals surface area (Å²) < 4.78 is 0. The van der Waals surface area contributed by atoms with E-state index in [2.05, 4.69) is 0 Å². The molecule has 0 aliphatic heterocycles. The zero-order chi connectivity index (χ0) is 11.1. The molecular weight excluding hydrogens is 184 g/mol. The van der Waals surface area contributed by atoms with Crippen LogP contribution < -0.4 is 0 Å². The largest absolute Gasteiger partial charge is 0.481 e. The second-order valence-corrected chi connectivity index (χ2v) is 4.39. The Morgan fingerprint density at radius 3 is 2.00 bits per heavy atom. The summed E-state index contributed by atoms with van der Waals surface area (Å²) >= 11 is 0. The molecule has 0 aromatic rings. The highest BCUT2D eigenvalue weighted by Crippen LogP contribution is 2.52. The van der Waals surface area contributed by atoms with Gasteiger partial charge in [0.25, 0.3) is 0 Å². The Bertz CT molecular complexity index is 327. The van der Waals surface area contributed by atoms with Crippen molar-refractivity contribution in [3.8, 4) is 0 Å². The molecule has 1 aliphatic carbocycles. The van der Waals surface area contributed by atoms with E-state index in [9.17, 15) is 9.59 Å². The molecule has 0 aromatic carbocycles. The predicted octanol–water partition coefficient (Wildman–Crippen LogP) is 1.52. The molecule has 4 nitrogen and oxygen atoms in total. The van der Waals surface area contributed by atoms with Crippen LogP contribution in [0.5, 0.6) is 0 Å². The lowest BCUT2D eigenvalue weighted by Crippen LogP contribution is -2.40. The summed E-state index contributed by atoms with van der Waals surface area (Å²) in [6.07, 6.45) is 1.79. The number of rotatable bonds is 2. The van der Waals surface area contributed by atoms with Gasteiger partial charge in [-0.1, -0.05) is 19.9 Å². The van der Waals surface area contributed by atoms with Crippen LogP contribution in [0.4, 0.5) is 0 Å². The Kier molecular flexibility index (Phi) is 2.18. The monoisotopic (exact) mass is 198 g/mol. The van der Waals surface area contributed by atoms with E-state index < -0.39 is 22.8 Å². The van der Waals surface area contributed by atoms with Crippen LogP contribution in [0.25, 0.3) is 0 Å². The smallest absolute Gasteiger partial charge is 0.331 e. The number of carboxylic acids is 2. The minimum atomic E-state index is -1.03. The molecule has 2 N–H and O–H groups in total. The van der Waals surface area contributed by atoms with Crippen LogP contribution in [-0.2, 0) is 9.59 Å². The van der Waals surface area contributed by atoms with Gasteiger partial charge in [-0.15, -0.1) is 0 Å². The quantitative estimate of drug-likeness (QED) is 0.705. The molecular formula is C10H14O4. The minimum Gasteiger partial charge on any atom is -0.481 e. The van der Waals surface area contributed by atoms with Gasteiger partial charge in [0, 0.05) is 11.0 Å². The molecule has 1 atom stereocenters. The van der Waals surface area contributed by atoms with Gasteiger partial charge in [-0.05, 0) is 13.3 Å². The predicted molar refractivity (Wildman–Crippen MR) is 49.9 cm³/mol. The summed E-state index contributed by atoms with van der Waals surface area (Å²) in [5.74, 6) is -1.98. The van der Waals surface area contributed by atoms with Crippen LogP contribution in [0.15, 0.2) is 11.6 Å². The van der Waals surface area contributed by atoms with Crippen molar-refractivity contribution in [3.63, 3.8) is 0 Å². The van der Waals surface area contributed by atoms with E-state index in [1.165, 1.54) is 6.08 Å². The van der Waals surface area contributed by atoms with E-state index >= 15 is 0 Å². The number of carboxylic acid groups (broad SMARTS) is 2. The fourth-order valence-corrected chi connectivity index (χ4v) is 1.82. The van der Waals surface area contributed by atoms with Gasteiger partial charge < -0.3 is 10.2 Å². The van der Waals surface area contributed by atoms with Crippen molar-refractivity contribution in [1.29, 1.82) is 0 Å². The van der Waals surface area contributed by atoms with Crippen LogP contribution >= 0.6 is 0 Å². The van der Waals surface area contributed by atoms with E-state index in [4.69, 9.17) is 10.2 Å². The number of allylic oxidation sites excluding steroid dienone is 1. The Balaban J connectivity index is 3.16. The molecule has 0 fully saturated rings. The lowest BCUT2D eigenvalue weighted by molar-refractivity contribution is -0.153. The SMILES string of the molecule is CC1(C)C(C(=O)O)=CC[C@@]1(C)C(=O)O. The minimum absolute atomic E-state index is 0.197. The fourth-order valence-electron chi connectivity index (χ4n) is 1.82. The second-order valence-electron chi connectivity index (χ2n) is 4.39. The Morgan fingerprint density at radius 2 is 1.79 bits per heavy atom. The highest BCUT2D eigenvalue weighted by atomic mass is 16.4. The van der Waals surface area contributed by atoms with Crippen molar-refractivity contribution in [3.05, 3.63) is 11.6 Å². The molecule has 0 spiro atoms. The normalized spacial score (nSPS) is 29.8. The van der Waals surface area contributed by atoms with Crippen LogP contribution in [0.1, 0.15) is 27.2 Å². The molecule has 4 heteroatoms. The van der Waals surface area contributed by atoms with Crippen molar-refractivity contribution < 1.29 is 19.8 Å². The molecule has 0 saturated carbocycles. The van der Waals surface area contributed by atoms with Crippen molar-refractivity contribution in [1.82, 2.24) is 0 Å². The zero-order valence-corrected chi connectivity index (χ0v) is 8.50. The van der Waals surface area contributed by atoms with Crippen molar-refractivity contribution in [2.24, 2.45) is 10.8 Å². The molecule has 78 valence electrons. The van der Waals surface area contributed by atoms with Crippen molar-refractivity contribution in [2.75, 3.05) is 0 Å². The van der Waals surface area contributed by atoms with Gasteiger partial charge in [0.1, 0.15) is 0 Å². The lowest BCUT2D eigenvalue weighted by Gasteiger charge is -2.35. The van der Waals surface area contributed by atoms with Gasteiger partial charge in [0.2, 0.25) is 0 Å². The average Bonchev–Trinajstić information content (AvgIpc) is 2.24. The van der Waals surface area contributed by atoms with E-state index in [1.54, 1.807) is 20.8 Å². The molecule has 1 aliphatic rings. The highest BCUT2D eigenvalue weighted by Gasteiger charge is 2.54. The fraction of sp³-hybridized carbons (Fsp3) is 0.600.